The van der Waals surface area contributed by atoms with E-state index in [2.05, 4.69) is 31.4 Å². The van der Waals surface area contributed by atoms with Crippen LogP contribution < -0.4 is 10.6 Å². The second-order valence-electron chi connectivity index (χ2n) is 5.96. The Balaban J connectivity index is 2.04. The van der Waals surface area contributed by atoms with Crippen molar-refractivity contribution < 1.29 is 0 Å². The summed E-state index contributed by atoms with van der Waals surface area (Å²) in [4.78, 5) is 0. The molecule has 0 aromatic rings. The summed E-state index contributed by atoms with van der Waals surface area (Å²) < 4.78 is 0. The van der Waals surface area contributed by atoms with E-state index in [0.717, 1.165) is 30.0 Å². The molecule has 1 aliphatic carbocycles. The van der Waals surface area contributed by atoms with Crippen LogP contribution in [0.15, 0.2) is 0 Å². The summed E-state index contributed by atoms with van der Waals surface area (Å²) in [5.41, 5.74) is 0. The molecule has 2 atom stereocenters. The van der Waals surface area contributed by atoms with Gasteiger partial charge in [-0.25, -0.2) is 0 Å². The lowest BCUT2D eigenvalue weighted by Crippen LogP contribution is -2.38. The average Bonchev–Trinajstić information content (AvgIpc) is 2.26. The molecule has 1 saturated carbocycles. The highest BCUT2D eigenvalue weighted by atomic mass is 32.1. The second-order valence-corrected chi connectivity index (χ2v) is 6.37. The van der Waals surface area contributed by atoms with Crippen LogP contribution in [0.2, 0.25) is 0 Å². The summed E-state index contributed by atoms with van der Waals surface area (Å²) >= 11 is 5.24. The van der Waals surface area contributed by atoms with Gasteiger partial charge in [0.05, 0.1) is 0 Å². The maximum atomic E-state index is 5.24. The summed E-state index contributed by atoms with van der Waals surface area (Å²) in [6.07, 6.45) is 6.94. The third-order valence-corrected chi connectivity index (χ3v) is 3.84. The maximum absolute atomic E-state index is 5.24. The Morgan fingerprint density at radius 1 is 1.29 bits per heavy atom. The molecular weight excluding hydrogens is 228 g/mol. The summed E-state index contributed by atoms with van der Waals surface area (Å²) in [6.45, 7) is 8.76. The SMILES string of the molecule is CC(C)CNC(=S)NCCC1CCCC(C)C1. The van der Waals surface area contributed by atoms with Crippen molar-refractivity contribution in [2.45, 2.75) is 52.9 Å². The van der Waals surface area contributed by atoms with Gasteiger partial charge in [-0.2, -0.15) is 0 Å². The topological polar surface area (TPSA) is 24.1 Å². The van der Waals surface area contributed by atoms with Gasteiger partial charge in [0, 0.05) is 13.1 Å². The lowest BCUT2D eigenvalue weighted by Gasteiger charge is -2.26. The molecule has 2 unspecified atom stereocenters. The van der Waals surface area contributed by atoms with E-state index in [-0.39, 0.29) is 0 Å². The fourth-order valence-electron chi connectivity index (χ4n) is 2.57. The highest BCUT2D eigenvalue weighted by Gasteiger charge is 2.18. The second kappa shape index (κ2) is 7.91. The molecule has 0 spiro atoms. The van der Waals surface area contributed by atoms with E-state index in [1.165, 1.54) is 32.1 Å². The monoisotopic (exact) mass is 256 g/mol. The van der Waals surface area contributed by atoms with E-state index in [9.17, 15) is 0 Å². The number of rotatable bonds is 5. The van der Waals surface area contributed by atoms with Crippen LogP contribution in [-0.2, 0) is 0 Å². The number of thiocarbonyl (C=S) groups is 1. The van der Waals surface area contributed by atoms with Crippen LogP contribution >= 0.6 is 12.2 Å². The normalized spacial score (nSPS) is 24.7. The van der Waals surface area contributed by atoms with E-state index in [1.807, 2.05) is 0 Å². The highest BCUT2D eigenvalue weighted by Crippen LogP contribution is 2.30. The van der Waals surface area contributed by atoms with E-state index >= 15 is 0 Å². The molecule has 2 N–H and O–H groups in total. The average molecular weight is 256 g/mol. The van der Waals surface area contributed by atoms with Crippen molar-refractivity contribution in [1.82, 2.24) is 10.6 Å². The van der Waals surface area contributed by atoms with Crippen LogP contribution in [0.1, 0.15) is 52.9 Å². The van der Waals surface area contributed by atoms with Crippen molar-refractivity contribution in [3.63, 3.8) is 0 Å². The first-order valence-electron chi connectivity index (χ1n) is 7.09. The first-order valence-corrected chi connectivity index (χ1v) is 7.50. The Morgan fingerprint density at radius 2 is 2.06 bits per heavy atom. The molecule has 1 rings (SSSR count). The van der Waals surface area contributed by atoms with E-state index < -0.39 is 0 Å². The lowest BCUT2D eigenvalue weighted by atomic mass is 9.81. The number of nitrogens with one attached hydrogen (secondary N) is 2. The molecule has 3 heteroatoms. The van der Waals surface area contributed by atoms with Gasteiger partial charge in [0.2, 0.25) is 0 Å². The Hall–Kier alpha value is -0.310. The fraction of sp³-hybridized carbons (Fsp3) is 0.929. The largest absolute Gasteiger partial charge is 0.363 e. The molecular formula is C14H28N2S. The zero-order chi connectivity index (χ0) is 12.7. The van der Waals surface area contributed by atoms with Gasteiger partial charge >= 0.3 is 0 Å². The summed E-state index contributed by atoms with van der Waals surface area (Å²) in [5, 5.41) is 7.39. The van der Waals surface area contributed by atoms with Crippen molar-refractivity contribution in [2.24, 2.45) is 17.8 Å². The molecule has 1 aliphatic rings. The van der Waals surface area contributed by atoms with Crippen molar-refractivity contribution >= 4 is 17.3 Å². The Labute approximate surface area is 112 Å². The third-order valence-electron chi connectivity index (χ3n) is 3.55. The van der Waals surface area contributed by atoms with Crippen molar-refractivity contribution in [3.8, 4) is 0 Å². The van der Waals surface area contributed by atoms with Crippen LogP contribution in [0.25, 0.3) is 0 Å². The number of hydrogen-bond acceptors (Lipinski definition) is 1. The van der Waals surface area contributed by atoms with Crippen LogP contribution in [-0.4, -0.2) is 18.2 Å². The van der Waals surface area contributed by atoms with Crippen LogP contribution in [0, 0.1) is 17.8 Å². The fourth-order valence-corrected chi connectivity index (χ4v) is 2.76. The van der Waals surface area contributed by atoms with Crippen LogP contribution in [0.3, 0.4) is 0 Å². The van der Waals surface area contributed by atoms with Gasteiger partial charge in [-0.3, -0.25) is 0 Å². The minimum absolute atomic E-state index is 0.647. The molecule has 2 nitrogen and oxygen atoms in total. The molecule has 0 saturated heterocycles. The molecule has 0 amide bonds. The summed E-state index contributed by atoms with van der Waals surface area (Å²) in [7, 11) is 0. The zero-order valence-corrected chi connectivity index (χ0v) is 12.4. The first kappa shape index (κ1) is 14.7. The van der Waals surface area contributed by atoms with Crippen LogP contribution in [0.4, 0.5) is 0 Å². The molecule has 0 aromatic carbocycles. The third kappa shape index (κ3) is 6.87. The first-order chi connectivity index (χ1) is 8.08. The summed E-state index contributed by atoms with van der Waals surface area (Å²) in [5.74, 6) is 2.49. The highest BCUT2D eigenvalue weighted by molar-refractivity contribution is 7.80. The minimum atomic E-state index is 0.647. The molecule has 0 bridgehead atoms. The smallest absolute Gasteiger partial charge is 0.166 e. The molecule has 100 valence electrons. The Kier molecular flexibility index (Phi) is 6.86. The van der Waals surface area contributed by atoms with Crippen LogP contribution in [0.5, 0.6) is 0 Å². The Morgan fingerprint density at radius 3 is 2.71 bits per heavy atom. The quantitative estimate of drug-likeness (QED) is 0.738. The van der Waals surface area contributed by atoms with Gasteiger partial charge in [0.15, 0.2) is 5.11 Å². The lowest BCUT2D eigenvalue weighted by molar-refractivity contribution is 0.270. The van der Waals surface area contributed by atoms with E-state index in [4.69, 9.17) is 12.2 Å². The van der Waals surface area contributed by atoms with E-state index in [1.54, 1.807) is 0 Å². The van der Waals surface area contributed by atoms with Crippen molar-refractivity contribution in [2.75, 3.05) is 13.1 Å². The van der Waals surface area contributed by atoms with Gasteiger partial charge in [0.1, 0.15) is 0 Å². The predicted molar refractivity (Wildman–Crippen MR) is 79.2 cm³/mol. The van der Waals surface area contributed by atoms with Gasteiger partial charge in [0.25, 0.3) is 0 Å². The van der Waals surface area contributed by atoms with Gasteiger partial charge < -0.3 is 10.6 Å². The van der Waals surface area contributed by atoms with Crippen molar-refractivity contribution in [1.29, 1.82) is 0 Å². The molecule has 17 heavy (non-hydrogen) atoms. The molecule has 0 aromatic heterocycles. The molecule has 0 radical (unpaired) electrons. The summed E-state index contributed by atoms with van der Waals surface area (Å²) in [6, 6.07) is 0. The Bertz CT molecular complexity index is 228. The maximum Gasteiger partial charge on any atom is 0.166 e. The zero-order valence-electron chi connectivity index (χ0n) is 11.6. The predicted octanol–water partition coefficient (Wildman–Crippen LogP) is 3.32. The van der Waals surface area contributed by atoms with E-state index in [0.29, 0.717) is 5.92 Å². The van der Waals surface area contributed by atoms with Crippen molar-refractivity contribution in [3.05, 3.63) is 0 Å². The minimum Gasteiger partial charge on any atom is -0.363 e. The molecule has 0 heterocycles. The molecule has 1 fully saturated rings. The van der Waals surface area contributed by atoms with Gasteiger partial charge in [-0.05, 0) is 42.8 Å². The van der Waals surface area contributed by atoms with Gasteiger partial charge in [-0.15, -0.1) is 0 Å². The number of hydrogen-bond donors (Lipinski definition) is 2. The van der Waals surface area contributed by atoms with Gasteiger partial charge in [-0.1, -0.05) is 40.0 Å². The molecule has 0 aliphatic heterocycles. The standard InChI is InChI=1S/C14H28N2S/c1-11(2)10-16-14(17)15-8-7-13-6-4-5-12(3)9-13/h11-13H,4-10H2,1-3H3,(H2,15,16,17).